The van der Waals surface area contributed by atoms with Crippen molar-refractivity contribution in [2.45, 2.75) is 58.2 Å². The standard InChI is InChI=1S/C24H26F3N3O3/c1-3-16-14-21(24(25,26)27)29-23(28-16)33-12-6-11-30-19-8-5-4-7-17(19)18-13-15(22(31)32-2)9-10-20(18)30/h9-10,13-14H,3-8,11-12H2,1-2H3. The molecule has 0 aliphatic heterocycles. The summed E-state index contributed by atoms with van der Waals surface area (Å²) in [5.41, 5.74) is 3.37. The molecule has 1 aromatic carbocycles. The van der Waals surface area contributed by atoms with Crippen molar-refractivity contribution in [1.29, 1.82) is 0 Å². The number of ether oxygens (including phenoxy) is 2. The third kappa shape index (κ3) is 4.82. The van der Waals surface area contributed by atoms with E-state index in [-0.39, 0.29) is 18.6 Å². The first-order valence-corrected chi connectivity index (χ1v) is 11.1. The van der Waals surface area contributed by atoms with E-state index in [4.69, 9.17) is 9.47 Å². The number of aryl methyl sites for hydroxylation is 3. The van der Waals surface area contributed by atoms with Gasteiger partial charge in [0.05, 0.1) is 19.3 Å². The van der Waals surface area contributed by atoms with Crippen LogP contribution in [0.2, 0.25) is 0 Å². The number of rotatable bonds is 7. The van der Waals surface area contributed by atoms with Crippen LogP contribution in [0.3, 0.4) is 0 Å². The second-order valence-corrected chi connectivity index (χ2v) is 8.09. The summed E-state index contributed by atoms with van der Waals surface area (Å²) in [5.74, 6) is -0.366. The summed E-state index contributed by atoms with van der Waals surface area (Å²) in [6, 6.07) is 6.29. The van der Waals surface area contributed by atoms with Crippen LogP contribution in [0.25, 0.3) is 10.9 Å². The smallest absolute Gasteiger partial charge is 0.433 e. The van der Waals surface area contributed by atoms with E-state index < -0.39 is 11.9 Å². The Balaban J connectivity index is 1.52. The SMILES string of the molecule is CCc1cc(C(F)(F)F)nc(OCCCn2c3c(c4cc(C(=O)OC)ccc42)CCCC3)n1. The van der Waals surface area contributed by atoms with Gasteiger partial charge in [-0.15, -0.1) is 0 Å². The number of esters is 1. The van der Waals surface area contributed by atoms with Crippen molar-refractivity contribution in [3.8, 4) is 6.01 Å². The zero-order chi connectivity index (χ0) is 23.6. The number of hydrogen-bond acceptors (Lipinski definition) is 5. The van der Waals surface area contributed by atoms with Crippen LogP contribution in [0.15, 0.2) is 24.3 Å². The van der Waals surface area contributed by atoms with E-state index in [1.807, 2.05) is 12.1 Å². The van der Waals surface area contributed by atoms with E-state index in [9.17, 15) is 18.0 Å². The molecule has 0 fully saturated rings. The highest BCUT2D eigenvalue weighted by Crippen LogP contribution is 2.33. The van der Waals surface area contributed by atoms with E-state index in [2.05, 4.69) is 14.5 Å². The fourth-order valence-electron chi connectivity index (χ4n) is 4.39. The molecule has 2 aromatic heterocycles. The number of carbonyl (C=O) groups is 1. The lowest BCUT2D eigenvalue weighted by Gasteiger charge is -2.16. The van der Waals surface area contributed by atoms with Crippen molar-refractivity contribution in [3.63, 3.8) is 0 Å². The van der Waals surface area contributed by atoms with E-state index in [0.29, 0.717) is 30.6 Å². The van der Waals surface area contributed by atoms with Gasteiger partial charge in [-0.05, 0) is 68.4 Å². The van der Waals surface area contributed by atoms with Gasteiger partial charge in [0.25, 0.3) is 0 Å². The Bertz CT molecular complexity index is 1170. The molecule has 3 aromatic rings. The first-order valence-electron chi connectivity index (χ1n) is 11.1. The Morgan fingerprint density at radius 2 is 1.94 bits per heavy atom. The molecule has 0 atom stereocenters. The van der Waals surface area contributed by atoms with Crippen LogP contribution in [0.1, 0.15) is 59.2 Å². The lowest BCUT2D eigenvalue weighted by molar-refractivity contribution is -0.141. The molecule has 1 aliphatic carbocycles. The van der Waals surface area contributed by atoms with Gasteiger partial charge in [-0.3, -0.25) is 0 Å². The first kappa shape index (κ1) is 23.1. The number of nitrogens with zero attached hydrogens (tertiary/aromatic N) is 3. The number of carbonyl (C=O) groups excluding carboxylic acids is 1. The highest BCUT2D eigenvalue weighted by Gasteiger charge is 2.33. The molecule has 0 bridgehead atoms. The summed E-state index contributed by atoms with van der Waals surface area (Å²) >= 11 is 0. The van der Waals surface area contributed by atoms with Gasteiger partial charge in [-0.2, -0.15) is 18.2 Å². The van der Waals surface area contributed by atoms with Gasteiger partial charge in [0, 0.05) is 28.8 Å². The largest absolute Gasteiger partial charge is 0.465 e. The Labute approximate surface area is 189 Å². The quantitative estimate of drug-likeness (QED) is 0.360. The van der Waals surface area contributed by atoms with Crippen molar-refractivity contribution < 1.29 is 27.4 Å². The van der Waals surface area contributed by atoms with Gasteiger partial charge < -0.3 is 14.0 Å². The van der Waals surface area contributed by atoms with Crippen molar-refractivity contribution in [3.05, 3.63) is 52.5 Å². The Hall–Kier alpha value is -3.10. The minimum Gasteiger partial charge on any atom is -0.465 e. The summed E-state index contributed by atoms with van der Waals surface area (Å²) < 4.78 is 51.9. The maximum atomic E-state index is 13.1. The third-order valence-electron chi connectivity index (χ3n) is 5.97. The Morgan fingerprint density at radius 1 is 1.15 bits per heavy atom. The molecule has 0 radical (unpaired) electrons. The lowest BCUT2D eigenvalue weighted by atomic mass is 9.95. The lowest BCUT2D eigenvalue weighted by Crippen LogP contribution is -2.14. The molecule has 176 valence electrons. The maximum absolute atomic E-state index is 13.1. The average molecular weight is 461 g/mol. The number of aromatic nitrogens is 3. The number of fused-ring (bicyclic) bond motifs is 3. The predicted octanol–water partition coefficient (Wildman–Crippen LogP) is 5.15. The molecule has 0 saturated carbocycles. The highest BCUT2D eigenvalue weighted by molar-refractivity contribution is 5.96. The molecule has 0 saturated heterocycles. The van der Waals surface area contributed by atoms with E-state index in [0.717, 1.165) is 42.7 Å². The zero-order valence-corrected chi connectivity index (χ0v) is 18.7. The molecular formula is C24H26F3N3O3. The number of methoxy groups -OCH3 is 1. The molecule has 6 nitrogen and oxygen atoms in total. The number of halogens is 3. The monoisotopic (exact) mass is 461 g/mol. The minimum absolute atomic E-state index is 0.194. The summed E-state index contributed by atoms with van der Waals surface area (Å²) in [6.07, 6.45) is 0.503. The topological polar surface area (TPSA) is 66.2 Å². The molecule has 0 amide bonds. The summed E-state index contributed by atoms with van der Waals surface area (Å²) in [6.45, 7) is 2.57. The normalized spacial score (nSPS) is 13.7. The third-order valence-corrected chi connectivity index (χ3v) is 5.97. The van der Waals surface area contributed by atoms with Gasteiger partial charge in [0.15, 0.2) is 5.69 Å². The van der Waals surface area contributed by atoms with Crippen molar-refractivity contribution in [1.82, 2.24) is 14.5 Å². The van der Waals surface area contributed by atoms with Crippen LogP contribution in [-0.4, -0.2) is 34.2 Å². The van der Waals surface area contributed by atoms with Crippen LogP contribution < -0.4 is 4.74 Å². The summed E-state index contributed by atoms with van der Waals surface area (Å²) in [4.78, 5) is 19.6. The molecule has 0 unspecified atom stereocenters. The van der Waals surface area contributed by atoms with Gasteiger partial charge in [-0.25, -0.2) is 9.78 Å². The first-order chi connectivity index (χ1) is 15.8. The van der Waals surface area contributed by atoms with Gasteiger partial charge in [0.1, 0.15) is 0 Å². The molecule has 4 rings (SSSR count). The summed E-state index contributed by atoms with van der Waals surface area (Å²) in [7, 11) is 1.37. The van der Waals surface area contributed by atoms with Crippen LogP contribution >= 0.6 is 0 Å². The second kappa shape index (κ2) is 9.41. The molecule has 9 heteroatoms. The van der Waals surface area contributed by atoms with E-state index in [1.54, 1.807) is 13.0 Å². The Morgan fingerprint density at radius 3 is 2.67 bits per heavy atom. The minimum atomic E-state index is -4.54. The summed E-state index contributed by atoms with van der Waals surface area (Å²) in [5, 5.41) is 1.06. The van der Waals surface area contributed by atoms with E-state index in [1.165, 1.54) is 18.4 Å². The Kier molecular flexibility index (Phi) is 6.58. The average Bonchev–Trinajstić information content (AvgIpc) is 3.13. The maximum Gasteiger partial charge on any atom is 0.433 e. The van der Waals surface area contributed by atoms with Crippen molar-refractivity contribution in [2.24, 2.45) is 0 Å². The van der Waals surface area contributed by atoms with E-state index >= 15 is 0 Å². The van der Waals surface area contributed by atoms with Crippen LogP contribution in [0.4, 0.5) is 13.2 Å². The molecule has 33 heavy (non-hydrogen) atoms. The molecule has 0 N–H and O–H groups in total. The van der Waals surface area contributed by atoms with Crippen LogP contribution in [0, 0.1) is 0 Å². The number of alkyl halides is 3. The molecule has 1 aliphatic rings. The molecule has 0 spiro atoms. The molecule has 2 heterocycles. The fraction of sp³-hybridized carbons (Fsp3) is 0.458. The van der Waals surface area contributed by atoms with Crippen molar-refractivity contribution in [2.75, 3.05) is 13.7 Å². The van der Waals surface area contributed by atoms with Crippen LogP contribution in [-0.2, 0) is 36.7 Å². The van der Waals surface area contributed by atoms with Crippen LogP contribution in [0.5, 0.6) is 6.01 Å². The van der Waals surface area contributed by atoms with Crippen molar-refractivity contribution >= 4 is 16.9 Å². The molecular weight excluding hydrogens is 435 g/mol. The predicted molar refractivity (Wildman–Crippen MR) is 116 cm³/mol. The fourth-order valence-corrected chi connectivity index (χ4v) is 4.39. The van der Waals surface area contributed by atoms with Gasteiger partial charge in [-0.1, -0.05) is 6.92 Å². The zero-order valence-electron chi connectivity index (χ0n) is 18.7. The number of hydrogen-bond donors (Lipinski definition) is 0. The van der Waals surface area contributed by atoms with Gasteiger partial charge in [0.2, 0.25) is 0 Å². The highest BCUT2D eigenvalue weighted by atomic mass is 19.4. The number of benzene rings is 1. The second-order valence-electron chi connectivity index (χ2n) is 8.09. The van der Waals surface area contributed by atoms with Gasteiger partial charge >= 0.3 is 18.2 Å².